The van der Waals surface area contributed by atoms with Gasteiger partial charge in [0.15, 0.2) is 0 Å². The van der Waals surface area contributed by atoms with Crippen LogP contribution in [-0.2, 0) is 23.2 Å². The molecule has 4 nitrogen and oxygen atoms in total. The Morgan fingerprint density at radius 3 is 2.43 bits per heavy atom. The van der Waals surface area contributed by atoms with Crippen LogP contribution in [0.4, 0.5) is 0 Å². The number of nitrogens with one attached hydrogen (secondary N) is 1. The molecule has 0 unspecified atom stereocenters. The molecule has 0 aliphatic rings. The Kier molecular flexibility index (Phi) is 5.00. The molecule has 0 saturated heterocycles. The van der Waals surface area contributed by atoms with E-state index in [-0.39, 0.29) is 23.1 Å². The number of rotatable bonds is 5. The van der Waals surface area contributed by atoms with E-state index >= 15 is 0 Å². The largest absolute Gasteiger partial charge is 0.392 e. The second-order valence-electron chi connectivity index (χ2n) is 4.69. The lowest BCUT2D eigenvalue weighted by Gasteiger charge is -2.11. The molecule has 0 fully saturated rings. The van der Waals surface area contributed by atoms with E-state index in [0.717, 1.165) is 11.1 Å². The van der Waals surface area contributed by atoms with Gasteiger partial charge in [-0.05, 0) is 35.7 Å². The molecule has 0 spiro atoms. The van der Waals surface area contributed by atoms with Gasteiger partial charge in [-0.2, -0.15) is 0 Å². The van der Waals surface area contributed by atoms with E-state index in [1.54, 1.807) is 36.4 Å². The van der Waals surface area contributed by atoms with Crippen LogP contribution in [0, 0.1) is 6.92 Å². The van der Waals surface area contributed by atoms with Gasteiger partial charge >= 0.3 is 0 Å². The minimum Gasteiger partial charge on any atom is -0.392 e. The quantitative estimate of drug-likeness (QED) is 0.888. The third-order valence-electron chi connectivity index (χ3n) is 3.12. The summed E-state index contributed by atoms with van der Waals surface area (Å²) >= 11 is 6.00. The maximum Gasteiger partial charge on any atom is 0.242 e. The van der Waals surface area contributed by atoms with Gasteiger partial charge in [0, 0.05) is 6.54 Å². The van der Waals surface area contributed by atoms with Crippen molar-refractivity contribution in [3.8, 4) is 0 Å². The number of halogens is 1. The van der Waals surface area contributed by atoms with E-state index < -0.39 is 10.0 Å². The van der Waals surface area contributed by atoms with Crippen LogP contribution in [0.3, 0.4) is 0 Å². The Bertz CT molecular complexity index is 744. The van der Waals surface area contributed by atoms with E-state index in [1.807, 2.05) is 6.92 Å². The number of sulfonamides is 1. The molecule has 0 radical (unpaired) electrons. The van der Waals surface area contributed by atoms with E-state index in [1.165, 1.54) is 6.07 Å². The van der Waals surface area contributed by atoms with Gasteiger partial charge in [-0.1, -0.05) is 41.9 Å². The van der Waals surface area contributed by atoms with Crippen LogP contribution in [0.15, 0.2) is 47.4 Å². The first-order valence-electron chi connectivity index (χ1n) is 6.37. The molecule has 0 aromatic heterocycles. The Labute approximate surface area is 129 Å². The first-order chi connectivity index (χ1) is 9.94. The molecule has 0 heterocycles. The zero-order chi connectivity index (χ0) is 15.5. The summed E-state index contributed by atoms with van der Waals surface area (Å²) in [4.78, 5) is 0.0521. The van der Waals surface area contributed by atoms with Gasteiger partial charge in [0.25, 0.3) is 0 Å². The molecule has 0 aliphatic heterocycles. The first-order valence-corrected chi connectivity index (χ1v) is 8.23. The fourth-order valence-corrected chi connectivity index (χ4v) is 3.56. The normalized spacial score (nSPS) is 11.6. The highest BCUT2D eigenvalue weighted by Gasteiger charge is 2.17. The number of benzene rings is 2. The number of aliphatic hydroxyl groups is 1. The van der Waals surface area contributed by atoms with Crippen LogP contribution >= 0.6 is 11.6 Å². The van der Waals surface area contributed by atoms with Crippen molar-refractivity contribution in [2.24, 2.45) is 0 Å². The summed E-state index contributed by atoms with van der Waals surface area (Å²) in [5.41, 5.74) is 2.31. The Morgan fingerprint density at radius 2 is 1.81 bits per heavy atom. The topological polar surface area (TPSA) is 66.4 Å². The number of aryl methyl sites for hydroxylation is 1. The molecule has 6 heteroatoms. The number of aliphatic hydroxyl groups excluding tert-OH is 1. The van der Waals surface area contributed by atoms with Crippen molar-refractivity contribution in [3.05, 3.63) is 64.2 Å². The molecule has 112 valence electrons. The lowest BCUT2D eigenvalue weighted by molar-refractivity contribution is 0.280. The van der Waals surface area contributed by atoms with Crippen molar-refractivity contribution >= 4 is 21.6 Å². The first kappa shape index (κ1) is 16.0. The van der Waals surface area contributed by atoms with Crippen molar-refractivity contribution in [1.82, 2.24) is 4.72 Å². The highest BCUT2D eigenvalue weighted by molar-refractivity contribution is 7.89. The van der Waals surface area contributed by atoms with E-state index in [2.05, 4.69) is 4.72 Å². The second kappa shape index (κ2) is 6.58. The van der Waals surface area contributed by atoms with Gasteiger partial charge < -0.3 is 5.11 Å². The SMILES string of the molecule is Cc1ccc(S(=O)(=O)NCc2ccccc2CO)c(Cl)c1. The summed E-state index contributed by atoms with van der Waals surface area (Å²) in [7, 11) is -3.69. The monoisotopic (exact) mass is 325 g/mol. The molecule has 0 saturated carbocycles. The Morgan fingerprint density at radius 1 is 1.14 bits per heavy atom. The molecule has 21 heavy (non-hydrogen) atoms. The molecule has 2 N–H and O–H groups in total. The van der Waals surface area contributed by atoms with Crippen molar-refractivity contribution in [1.29, 1.82) is 0 Å². The second-order valence-corrected chi connectivity index (χ2v) is 6.83. The molecular weight excluding hydrogens is 310 g/mol. The maximum absolute atomic E-state index is 12.3. The number of hydrogen-bond acceptors (Lipinski definition) is 3. The van der Waals surface area contributed by atoms with Crippen LogP contribution in [0.5, 0.6) is 0 Å². The van der Waals surface area contributed by atoms with Gasteiger partial charge in [-0.25, -0.2) is 13.1 Å². The van der Waals surface area contributed by atoms with Gasteiger partial charge in [0.2, 0.25) is 10.0 Å². The lowest BCUT2D eigenvalue weighted by atomic mass is 10.1. The minimum atomic E-state index is -3.69. The number of hydrogen-bond donors (Lipinski definition) is 2. The zero-order valence-electron chi connectivity index (χ0n) is 11.5. The van der Waals surface area contributed by atoms with E-state index in [0.29, 0.717) is 5.56 Å². The van der Waals surface area contributed by atoms with Crippen molar-refractivity contribution in [3.63, 3.8) is 0 Å². The van der Waals surface area contributed by atoms with Gasteiger partial charge in [-0.3, -0.25) is 0 Å². The fraction of sp³-hybridized carbons (Fsp3) is 0.200. The average Bonchev–Trinajstić information content (AvgIpc) is 2.45. The molecule has 0 atom stereocenters. The van der Waals surface area contributed by atoms with Gasteiger partial charge in [0.1, 0.15) is 4.90 Å². The smallest absolute Gasteiger partial charge is 0.242 e. The summed E-state index contributed by atoms with van der Waals surface area (Å²) in [6.45, 7) is 1.81. The third kappa shape index (κ3) is 3.83. The van der Waals surface area contributed by atoms with Crippen LogP contribution in [0.2, 0.25) is 5.02 Å². The predicted octanol–water partition coefficient (Wildman–Crippen LogP) is 2.62. The summed E-state index contributed by atoms with van der Waals surface area (Å²) in [5, 5.41) is 9.43. The van der Waals surface area contributed by atoms with Crippen molar-refractivity contribution in [2.45, 2.75) is 25.0 Å². The standard InChI is InChI=1S/C15H16ClNO3S/c1-11-6-7-15(14(16)8-11)21(19,20)17-9-12-4-2-3-5-13(12)10-18/h2-8,17-18H,9-10H2,1H3. The Balaban J connectivity index is 2.22. The maximum atomic E-state index is 12.3. The summed E-state index contributed by atoms with van der Waals surface area (Å²) in [5.74, 6) is 0. The molecule has 2 aromatic carbocycles. The predicted molar refractivity (Wildman–Crippen MR) is 82.6 cm³/mol. The fourth-order valence-electron chi connectivity index (χ4n) is 1.96. The molecule has 2 rings (SSSR count). The van der Waals surface area contributed by atoms with E-state index in [4.69, 9.17) is 11.6 Å². The van der Waals surface area contributed by atoms with Crippen LogP contribution in [0.1, 0.15) is 16.7 Å². The average molecular weight is 326 g/mol. The molecular formula is C15H16ClNO3S. The molecule has 0 aliphatic carbocycles. The van der Waals surface area contributed by atoms with Crippen LogP contribution in [0.25, 0.3) is 0 Å². The van der Waals surface area contributed by atoms with Gasteiger partial charge in [0.05, 0.1) is 11.6 Å². The highest BCUT2D eigenvalue weighted by Crippen LogP contribution is 2.22. The molecule has 2 aromatic rings. The molecule has 0 amide bonds. The van der Waals surface area contributed by atoms with Crippen LogP contribution in [-0.4, -0.2) is 13.5 Å². The Hall–Kier alpha value is -1.40. The minimum absolute atomic E-state index is 0.0521. The van der Waals surface area contributed by atoms with Crippen molar-refractivity contribution < 1.29 is 13.5 Å². The van der Waals surface area contributed by atoms with Crippen LogP contribution < -0.4 is 4.72 Å². The van der Waals surface area contributed by atoms with Crippen molar-refractivity contribution in [2.75, 3.05) is 0 Å². The molecule has 0 bridgehead atoms. The summed E-state index contributed by atoms with van der Waals surface area (Å²) in [6, 6.07) is 11.9. The zero-order valence-corrected chi connectivity index (χ0v) is 13.1. The highest BCUT2D eigenvalue weighted by atomic mass is 35.5. The summed E-state index contributed by atoms with van der Waals surface area (Å²) in [6.07, 6.45) is 0. The van der Waals surface area contributed by atoms with Gasteiger partial charge in [-0.15, -0.1) is 0 Å². The lowest BCUT2D eigenvalue weighted by Crippen LogP contribution is -2.24. The third-order valence-corrected chi connectivity index (χ3v) is 5.00. The summed E-state index contributed by atoms with van der Waals surface area (Å²) < 4.78 is 27.1. The van der Waals surface area contributed by atoms with E-state index in [9.17, 15) is 13.5 Å².